The quantitative estimate of drug-likeness (QED) is 0.813. The molecule has 4 rings (SSSR count). The molecule has 0 saturated carbocycles. The maximum atomic E-state index is 6.10. The van der Waals surface area contributed by atoms with Gasteiger partial charge in [0.05, 0.1) is 17.5 Å². The first-order valence-electron chi connectivity index (χ1n) is 8.52. The van der Waals surface area contributed by atoms with E-state index in [1.807, 2.05) is 43.0 Å². The summed E-state index contributed by atoms with van der Waals surface area (Å²) in [4.78, 5) is 17.2. The second kappa shape index (κ2) is 6.80. The van der Waals surface area contributed by atoms with E-state index in [0.29, 0.717) is 17.5 Å². The van der Waals surface area contributed by atoms with E-state index in [-0.39, 0.29) is 0 Å². The zero-order valence-corrected chi connectivity index (χ0v) is 15.4. The third-order valence-electron chi connectivity index (χ3n) is 4.76. The molecule has 0 radical (unpaired) electrons. The molecule has 6 nitrogen and oxygen atoms in total. The molecule has 132 valence electrons. The van der Waals surface area contributed by atoms with Gasteiger partial charge in [-0.1, -0.05) is 6.07 Å². The van der Waals surface area contributed by atoms with Crippen LogP contribution in [0.3, 0.4) is 0 Å². The van der Waals surface area contributed by atoms with Crippen LogP contribution >= 0.6 is 11.8 Å². The number of hydrogen-bond acceptors (Lipinski definition) is 7. The molecule has 2 aromatic heterocycles. The number of hydrogen-bond donors (Lipinski definition) is 0. The molecule has 25 heavy (non-hydrogen) atoms. The molecule has 0 bridgehead atoms. The van der Waals surface area contributed by atoms with Crippen molar-refractivity contribution < 1.29 is 4.74 Å². The number of rotatable bonds is 5. The summed E-state index contributed by atoms with van der Waals surface area (Å²) in [7, 11) is 4.00. The molecule has 7 heteroatoms. The maximum absolute atomic E-state index is 6.10. The van der Waals surface area contributed by atoms with Crippen LogP contribution in [0.4, 0.5) is 11.6 Å². The maximum Gasteiger partial charge on any atom is 0.134 e. The molecule has 2 aliphatic heterocycles. The Kier molecular flexibility index (Phi) is 4.52. The van der Waals surface area contributed by atoms with Gasteiger partial charge in [0.15, 0.2) is 0 Å². The van der Waals surface area contributed by atoms with Crippen LogP contribution in [-0.2, 0) is 11.3 Å². The van der Waals surface area contributed by atoms with E-state index in [9.17, 15) is 0 Å². The highest BCUT2D eigenvalue weighted by atomic mass is 32.2. The van der Waals surface area contributed by atoms with Crippen molar-refractivity contribution in [2.24, 2.45) is 0 Å². The highest BCUT2D eigenvalue weighted by molar-refractivity contribution is 8.01. The van der Waals surface area contributed by atoms with Gasteiger partial charge in [0.2, 0.25) is 0 Å². The van der Waals surface area contributed by atoms with Gasteiger partial charge in [-0.3, -0.25) is 4.98 Å². The van der Waals surface area contributed by atoms with Gasteiger partial charge in [0.1, 0.15) is 18.0 Å². The fourth-order valence-electron chi connectivity index (χ4n) is 3.39. The van der Waals surface area contributed by atoms with Gasteiger partial charge in [0, 0.05) is 51.4 Å². The van der Waals surface area contributed by atoms with Gasteiger partial charge in [0.25, 0.3) is 0 Å². The summed E-state index contributed by atoms with van der Waals surface area (Å²) in [6.07, 6.45) is 6.76. The summed E-state index contributed by atoms with van der Waals surface area (Å²) in [5.74, 6) is 3.04. The summed E-state index contributed by atoms with van der Waals surface area (Å²) >= 11 is 2.05. The minimum atomic E-state index is 0.322. The first-order valence-corrected chi connectivity index (χ1v) is 9.51. The van der Waals surface area contributed by atoms with E-state index >= 15 is 0 Å². The van der Waals surface area contributed by atoms with Crippen LogP contribution in [0.1, 0.15) is 12.0 Å². The minimum absolute atomic E-state index is 0.322. The van der Waals surface area contributed by atoms with Gasteiger partial charge in [-0.2, -0.15) is 0 Å². The first-order chi connectivity index (χ1) is 12.1. The normalized spacial score (nSPS) is 21.4. The van der Waals surface area contributed by atoms with E-state index in [0.717, 1.165) is 42.5 Å². The van der Waals surface area contributed by atoms with Gasteiger partial charge in [-0.25, -0.2) is 9.97 Å². The highest BCUT2D eigenvalue weighted by Gasteiger charge is 2.49. The number of anilines is 2. The first kappa shape index (κ1) is 16.6. The van der Waals surface area contributed by atoms with Crippen molar-refractivity contribution in [2.45, 2.75) is 23.9 Å². The Balaban J connectivity index is 1.30. The summed E-state index contributed by atoms with van der Waals surface area (Å²) in [5.41, 5.74) is 1.14. The smallest absolute Gasteiger partial charge is 0.134 e. The number of nitrogens with zero attached hydrogens (tertiary/aromatic N) is 5. The van der Waals surface area contributed by atoms with Crippen molar-refractivity contribution in [1.82, 2.24) is 15.0 Å². The van der Waals surface area contributed by atoms with Gasteiger partial charge < -0.3 is 14.5 Å². The zero-order chi connectivity index (χ0) is 17.3. The number of pyridine rings is 1. The predicted octanol–water partition coefficient (Wildman–Crippen LogP) is 2.22. The van der Waals surface area contributed by atoms with E-state index in [4.69, 9.17) is 4.74 Å². The van der Waals surface area contributed by atoms with Crippen molar-refractivity contribution in [2.75, 3.05) is 42.7 Å². The molecule has 0 amide bonds. The topological polar surface area (TPSA) is 54.4 Å². The standard InChI is InChI=1S/C18H23N5OS/c1-22(2)16-6-17(21-13-20-16)23-11-18(12-23)7-15(10-25-18)24-9-14-4-3-5-19-8-14/h3-6,8,13,15H,7,9-12H2,1-2H3. The predicted molar refractivity (Wildman–Crippen MR) is 101 cm³/mol. The average molecular weight is 357 g/mol. The second-order valence-electron chi connectivity index (χ2n) is 6.98. The fraction of sp³-hybridized carbons (Fsp3) is 0.500. The van der Waals surface area contributed by atoms with Crippen LogP contribution in [0.2, 0.25) is 0 Å². The number of thioether (sulfide) groups is 1. The van der Waals surface area contributed by atoms with E-state index in [2.05, 4.69) is 32.0 Å². The van der Waals surface area contributed by atoms with Crippen molar-refractivity contribution in [3.63, 3.8) is 0 Å². The van der Waals surface area contributed by atoms with Crippen LogP contribution in [0.15, 0.2) is 36.9 Å². The summed E-state index contributed by atoms with van der Waals surface area (Å²) < 4.78 is 6.42. The minimum Gasteiger partial charge on any atom is -0.373 e. The van der Waals surface area contributed by atoms with Crippen LogP contribution < -0.4 is 9.80 Å². The molecule has 2 fully saturated rings. The second-order valence-corrected chi connectivity index (χ2v) is 8.47. The van der Waals surface area contributed by atoms with E-state index in [1.54, 1.807) is 12.5 Å². The monoisotopic (exact) mass is 357 g/mol. The molecule has 4 heterocycles. The summed E-state index contributed by atoms with van der Waals surface area (Å²) in [6, 6.07) is 6.08. The third kappa shape index (κ3) is 3.57. The molecular formula is C18H23N5OS. The molecule has 0 aliphatic carbocycles. The van der Waals surface area contributed by atoms with Crippen LogP contribution in [0.25, 0.3) is 0 Å². The zero-order valence-electron chi connectivity index (χ0n) is 14.6. The molecule has 0 aromatic carbocycles. The van der Waals surface area contributed by atoms with Crippen molar-refractivity contribution >= 4 is 23.4 Å². The lowest BCUT2D eigenvalue weighted by Crippen LogP contribution is -2.59. The third-order valence-corrected chi connectivity index (χ3v) is 6.34. The van der Waals surface area contributed by atoms with E-state index in [1.165, 1.54) is 0 Å². The lowest BCUT2D eigenvalue weighted by Gasteiger charge is -2.48. The Hall–Kier alpha value is -1.86. The Bertz CT molecular complexity index is 720. The average Bonchev–Trinajstić information content (AvgIpc) is 3.04. The Morgan fingerprint density at radius 3 is 3.00 bits per heavy atom. The van der Waals surface area contributed by atoms with Crippen LogP contribution in [-0.4, -0.2) is 58.7 Å². The lowest BCUT2D eigenvalue weighted by molar-refractivity contribution is 0.0476. The Morgan fingerprint density at radius 1 is 1.36 bits per heavy atom. The molecule has 2 aromatic rings. The SMILES string of the molecule is CN(C)c1cc(N2CC3(CC(OCc4cccnc4)CS3)C2)ncn1. The van der Waals surface area contributed by atoms with Crippen molar-refractivity contribution in [3.8, 4) is 0 Å². The van der Waals surface area contributed by atoms with E-state index < -0.39 is 0 Å². The largest absolute Gasteiger partial charge is 0.373 e. The molecule has 2 aliphatic rings. The molecule has 0 N–H and O–H groups in total. The van der Waals surface area contributed by atoms with Crippen molar-refractivity contribution in [3.05, 3.63) is 42.5 Å². The van der Waals surface area contributed by atoms with Crippen molar-refractivity contribution in [1.29, 1.82) is 0 Å². The fourth-order valence-corrected chi connectivity index (χ4v) is 4.95. The molecule has 2 saturated heterocycles. The molecular weight excluding hydrogens is 334 g/mol. The van der Waals surface area contributed by atoms with Crippen LogP contribution in [0.5, 0.6) is 0 Å². The van der Waals surface area contributed by atoms with Crippen LogP contribution in [0, 0.1) is 0 Å². The number of aromatic nitrogens is 3. The molecule has 1 spiro atoms. The Morgan fingerprint density at radius 2 is 2.24 bits per heavy atom. The highest BCUT2D eigenvalue weighted by Crippen LogP contribution is 2.47. The van der Waals surface area contributed by atoms with Gasteiger partial charge in [-0.05, 0) is 18.1 Å². The summed E-state index contributed by atoms with van der Waals surface area (Å²) in [5, 5.41) is 0. The van der Waals surface area contributed by atoms with Gasteiger partial charge >= 0.3 is 0 Å². The summed E-state index contributed by atoms with van der Waals surface area (Å²) in [6.45, 7) is 2.72. The molecule has 1 unspecified atom stereocenters. The lowest BCUT2D eigenvalue weighted by atomic mass is 9.93. The Labute approximate surface area is 152 Å². The number of ether oxygens (including phenoxy) is 1. The molecule has 1 atom stereocenters. The van der Waals surface area contributed by atoms with Gasteiger partial charge in [-0.15, -0.1) is 11.8 Å².